The van der Waals surface area contributed by atoms with Crippen molar-refractivity contribution in [1.82, 2.24) is 24.9 Å². The lowest BCUT2D eigenvalue weighted by Gasteiger charge is -2.12. The van der Waals surface area contributed by atoms with Gasteiger partial charge in [-0.15, -0.1) is 5.10 Å². The summed E-state index contributed by atoms with van der Waals surface area (Å²) in [5.41, 5.74) is 7.63. The molecule has 0 saturated heterocycles. The first-order valence-electron chi connectivity index (χ1n) is 9.30. The number of hydrogen-bond donors (Lipinski definition) is 5. The summed E-state index contributed by atoms with van der Waals surface area (Å²) in [6.45, 7) is -0.149. The number of carboxylic acid groups (broad SMARTS) is 1. The molecular formula is C19H13FN8O6. The van der Waals surface area contributed by atoms with Gasteiger partial charge in [-0.05, 0) is 17.7 Å². The van der Waals surface area contributed by atoms with Crippen LogP contribution < -0.4 is 33.0 Å². The molecule has 0 radical (unpaired) electrons. The lowest BCUT2D eigenvalue weighted by Crippen LogP contribution is -2.36. The number of aromatic carboxylic acids is 1. The molecule has 7 N–H and O–H groups in total. The van der Waals surface area contributed by atoms with Crippen molar-refractivity contribution in [3.63, 3.8) is 0 Å². The number of carbonyl (C=O) groups is 3. The summed E-state index contributed by atoms with van der Waals surface area (Å²) < 4.78 is 14.9. The third-order valence-electron chi connectivity index (χ3n) is 4.68. The Kier molecular flexibility index (Phi) is 5.21. The number of primary amides is 1. The second kappa shape index (κ2) is 8.05. The van der Waals surface area contributed by atoms with E-state index in [-0.39, 0.29) is 35.1 Å². The van der Waals surface area contributed by atoms with E-state index < -0.39 is 46.0 Å². The number of aromatic nitrogens is 4. The zero-order chi connectivity index (χ0) is 24.7. The van der Waals surface area contributed by atoms with Gasteiger partial charge in [-0.25, -0.2) is 14.2 Å². The predicted molar refractivity (Wildman–Crippen MR) is 113 cm³/mol. The van der Waals surface area contributed by atoms with E-state index in [4.69, 9.17) is 11.5 Å². The molecule has 0 aliphatic heterocycles. The average molecular weight is 468 g/mol. The number of benzene rings is 1. The van der Waals surface area contributed by atoms with Gasteiger partial charge in [0.15, 0.2) is 5.69 Å². The summed E-state index contributed by atoms with van der Waals surface area (Å²) in [5.74, 6) is -4.84. The molecule has 2 amide bonds. The van der Waals surface area contributed by atoms with Crippen molar-refractivity contribution >= 4 is 40.6 Å². The zero-order valence-corrected chi connectivity index (χ0v) is 16.8. The first-order valence-corrected chi connectivity index (χ1v) is 9.30. The molecule has 0 unspecified atom stereocenters. The van der Waals surface area contributed by atoms with Crippen LogP contribution in [0.2, 0.25) is 0 Å². The third kappa shape index (κ3) is 3.77. The van der Waals surface area contributed by atoms with Gasteiger partial charge in [-0.2, -0.15) is 9.50 Å². The highest BCUT2D eigenvalue weighted by molar-refractivity contribution is 5.96. The van der Waals surface area contributed by atoms with Crippen LogP contribution in [0.3, 0.4) is 0 Å². The summed E-state index contributed by atoms with van der Waals surface area (Å²) in [4.78, 5) is 65.7. The molecule has 0 spiro atoms. The van der Waals surface area contributed by atoms with Crippen molar-refractivity contribution in [2.75, 3.05) is 11.1 Å². The van der Waals surface area contributed by atoms with Gasteiger partial charge < -0.3 is 27.2 Å². The number of nitrogen functional groups attached to an aromatic ring is 1. The fraction of sp³-hybridized carbons (Fsp3) is 0.0526. The Labute approximate surface area is 186 Å². The van der Waals surface area contributed by atoms with E-state index in [9.17, 15) is 33.5 Å². The smallest absolute Gasteiger partial charge is 0.354 e. The van der Waals surface area contributed by atoms with Crippen molar-refractivity contribution in [3.8, 4) is 0 Å². The molecule has 4 rings (SSSR count). The Balaban J connectivity index is 1.56. The minimum absolute atomic E-state index is 0.149. The third-order valence-corrected chi connectivity index (χ3v) is 4.68. The lowest BCUT2D eigenvalue weighted by atomic mass is 10.1. The summed E-state index contributed by atoms with van der Waals surface area (Å²) >= 11 is 0. The molecule has 34 heavy (non-hydrogen) atoms. The summed E-state index contributed by atoms with van der Waals surface area (Å²) in [5, 5.41) is 18.0. The van der Waals surface area contributed by atoms with Gasteiger partial charge in [-0.3, -0.25) is 19.2 Å². The standard InChI is InChI=1S/C19H13FN8O6/c20-7-2-1-6(3-8(7)24-12-11(21)13(29)14(12)30)5-23-17(32)9-4-10(18(33)34)28-19(25-9)26-16(27-28)15(22)31/h1-4,24H,5,21H2,(H2,22,31)(H,23,32)(H,33,34). The van der Waals surface area contributed by atoms with Crippen LogP contribution in [0.1, 0.15) is 37.2 Å². The average Bonchev–Trinajstić information content (AvgIpc) is 3.25. The van der Waals surface area contributed by atoms with Crippen molar-refractivity contribution in [1.29, 1.82) is 0 Å². The molecular weight excluding hydrogens is 455 g/mol. The number of nitrogens with zero attached hydrogens (tertiary/aromatic N) is 4. The van der Waals surface area contributed by atoms with Gasteiger partial charge in [0.05, 0.1) is 5.69 Å². The van der Waals surface area contributed by atoms with Gasteiger partial charge in [0.2, 0.25) is 5.82 Å². The van der Waals surface area contributed by atoms with Crippen molar-refractivity contribution in [2.24, 2.45) is 5.73 Å². The van der Waals surface area contributed by atoms with Crippen LogP contribution in [0.4, 0.5) is 21.5 Å². The van der Waals surface area contributed by atoms with Crippen LogP contribution in [0, 0.1) is 5.82 Å². The van der Waals surface area contributed by atoms with Gasteiger partial charge in [-0.1, -0.05) is 6.07 Å². The van der Waals surface area contributed by atoms with Crippen LogP contribution in [-0.2, 0) is 6.54 Å². The molecule has 172 valence electrons. The molecule has 0 saturated carbocycles. The molecule has 0 aliphatic rings. The maximum atomic E-state index is 14.1. The fourth-order valence-electron chi connectivity index (χ4n) is 2.96. The molecule has 4 aromatic rings. The van der Waals surface area contributed by atoms with Crippen molar-refractivity contribution < 1.29 is 23.9 Å². The van der Waals surface area contributed by atoms with E-state index in [0.717, 1.165) is 16.6 Å². The highest BCUT2D eigenvalue weighted by atomic mass is 19.1. The summed E-state index contributed by atoms with van der Waals surface area (Å²) in [6.07, 6.45) is 0. The predicted octanol–water partition coefficient (Wildman–Crippen LogP) is -1.09. The Morgan fingerprint density at radius 1 is 1.12 bits per heavy atom. The molecule has 0 atom stereocenters. The second-order valence-corrected chi connectivity index (χ2v) is 6.91. The van der Waals surface area contributed by atoms with Crippen LogP contribution in [0.15, 0.2) is 33.9 Å². The number of rotatable bonds is 7. The van der Waals surface area contributed by atoms with E-state index in [1.807, 2.05) is 0 Å². The normalized spacial score (nSPS) is 11.0. The highest BCUT2D eigenvalue weighted by Crippen LogP contribution is 2.22. The Morgan fingerprint density at radius 2 is 1.85 bits per heavy atom. The number of carboxylic acids is 1. The number of nitrogens with two attached hydrogens (primary N) is 2. The maximum Gasteiger partial charge on any atom is 0.354 e. The number of fused-ring (bicyclic) bond motifs is 1. The number of anilines is 3. The SMILES string of the molecule is NC(=O)c1nc2nc(C(=O)NCc3ccc(F)c(Nc4c(N)c(=O)c4=O)c3)cc(C(=O)O)n2n1. The van der Waals surface area contributed by atoms with Crippen molar-refractivity contribution in [3.05, 3.63) is 73.3 Å². The van der Waals surface area contributed by atoms with Gasteiger partial charge in [0, 0.05) is 12.6 Å². The van der Waals surface area contributed by atoms with Crippen LogP contribution >= 0.6 is 0 Å². The van der Waals surface area contributed by atoms with E-state index in [1.165, 1.54) is 12.1 Å². The molecule has 2 aromatic heterocycles. The number of amides is 2. The maximum absolute atomic E-state index is 14.1. The Morgan fingerprint density at radius 3 is 2.50 bits per heavy atom. The van der Waals surface area contributed by atoms with Crippen LogP contribution in [-0.4, -0.2) is 42.5 Å². The zero-order valence-electron chi connectivity index (χ0n) is 16.8. The minimum atomic E-state index is -1.46. The van der Waals surface area contributed by atoms with Gasteiger partial charge in [0.1, 0.15) is 22.9 Å². The number of carbonyl (C=O) groups excluding carboxylic acids is 2. The van der Waals surface area contributed by atoms with E-state index in [0.29, 0.717) is 5.56 Å². The number of nitrogens with one attached hydrogen (secondary N) is 2. The van der Waals surface area contributed by atoms with Crippen LogP contribution in [0.5, 0.6) is 0 Å². The number of hydrogen-bond acceptors (Lipinski definition) is 10. The Hall–Kier alpha value is -5.21. The lowest BCUT2D eigenvalue weighted by molar-refractivity contribution is 0.0686. The summed E-state index contributed by atoms with van der Waals surface area (Å²) in [7, 11) is 0. The monoisotopic (exact) mass is 468 g/mol. The molecule has 15 heteroatoms. The van der Waals surface area contributed by atoms with E-state index in [1.54, 1.807) is 0 Å². The molecule has 0 aliphatic carbocycles. The van der Waals surface area contributed by atoms with Gasteiger partial charge in [0.25, 0.3) is 28.4 Å². The fourth-order valence-corrected chi connectivity index (χ4v) is 2.96. The van der Waals surface area contributed by atoms with Crippen molar-refractivity contribution in [2.45, 2.75) is 6.54 Å². The molecule has 14 nitrogen and oxygen atoms in total. The quantitative estimate of drug-likeness (QED) is 0.205. The topological polar surface area (TPSA) is 225 Å². The largest absolute Gasteiger partial charge is 0.477 e. The van der Waals surface area contributed by atoms with E-state index in [2.05, 4.69) is 25.7 Å². The first-order chi connectivity index (χ1) is 16.1. The molecule has 0 fully saturated rings. The highest BCUT2D eigenvalue weighted by Gasteiger charge is 2.21. The minimum Gasteiger partial charge on any atom is -0.477 e. The molecule has 2 aromatic carbocycles. The second-order valence-electron chi connectivity index (χ2n) is 6.91. The number of halogens is 1. The molecule has 2 heterocycles. The molecule has 0 bridgehead atoms. The Bertz CT molecular complexity index is 1590. The first kappa shape index (κ1) is 22.0. The van der Waals surface area contributed by atoms with Gasteiger partial charge >= 0.3 is 5.97 Å². The summed E-state index contributed by atoms with van der Waals surface area (Å²) in [6, 6.07) is 4.63. The van der Waals surface area contributed by atoms with Crippen LogP contribution in [0.25, 0.3) is 5.78 Å². The van der Waals surface area contributed by atoms with E-state index >= 15 is 0 Å².